The van der Waals surface area contributed by atoms with Crippen LogP contribution < -0.4 is 20.9 Å². The van der Waals surface area contributed by atoms with E-state index < -0.39 is 6.10 Å². The van der Waals surface area contributed by atoms with E-state index in [-0.39, 0.29) is 17.2 Å². The molecular formula is C21H26N4O4. The fourth-order valence-corrected chi connectivity index (χ4v) is 4.03. The molecule has 0 bridgehead atoms. The van der Waals surface area contributed by atoms with E-state index in [2.05, 4.69) is 0 Å². The average molecular weight is 398 g/mol. The molecule has 1 aromatic carbocycles. The second-order valence-corrected chi connectivity index (χ2v) is 7.72. The lowest BCUT2D eigenvalue weighted by Crippen LogP contribution is -2.51. The van der Waals surface area contributed by atoms with Crippen molar-refractivity contribution in [3.05, 3.63) is 56.9 Å². The van der Waals surface area contributed by atoms with Gasteiger partial charge in [-0.3, -0.25) is 18.7 Å². The zero-order chi connectivity index (χ0) is 20.5. The number of benzene rings is 1. The van der Waals surface area contributed by atoms with Crippen molar-refractivity contribution in [2.45, 2.75) is 31.9 Å². The van der Waals surface area contributed by atoms with Gasteiger partial charge in [0.25, 0.3) is 11.5 Å². The second kappa shape index (κ2) is 7.77. The number of nitrogens with zero attached hydrogens (tertiary/aromatic N) is 4. The van der Waals surface area contributed by atoms with Crippen molar-refractivity contribution in [3.8, 4) is 5.75 Å². The van der Waals surface area contributed by atoms with Crippen molar-refractivity contribution in [1.29, 1.82) is 0 Å². The zero-order valence-corrected chi connectivity index (χ0v) is 16.8. The Bertz CT molecular complexity index is 1040. The first-order chi connectivity index (χ1) is 14.0. The summed E-state index contributed by atoms with van der Waals surface area (Å²) in [5.41, 5.74) is 0.739. The van der Waals surface area contributed by atoms with Gasteiger partial charge < -0.3 is 14.5 Å². The first kappa shape index (κ1) is 19.3. The first-order valence-electron chi connectivity index (χ1n) is 10.0. The number of ether oxygens (including phenoxy) is 1. The molecule has 1 fully saturated rings. The number of rotatable bonds is 3. The Morgan fingerprint density at radius 2 is 1.79 bits per heavy atom. The third kappa shape index (κ3) is 3.66. The van der Waals surface area contributed by atoms with Crippen molar-refractivity contribution in [2.24, 2.45) is 14.1 Å². The molecule has 2 aromatic rings. The van der Waals surface area contributed by atoms with E-state index in [1.54, 1.807) is 7.05 Å². The standard InChI is InChI=1S/C21H26N4O4/c1-22-15(12-19(26)23(2)21(22)28)13-25-14-18(20(27)24-10-6-3-7-11-24)29-17-9-5-4-8-16(17)25/h4-5,8-9,12,18H,3,6-7,10-11,13-14H2,1-2H3. The molecule has 2 aliphatic rings. The molecule has 1 saturated heterocycles. The molecule has 0 N–H and O–H groups in total. The number of aromatic nitrogens is 2. The van der Waals surface area contributed by atoms with Gasteiger partial charge in [0, 0.05) is 38.9 Å². The lowest BCUT2D eigenvalue weighted by atomic mass is 10.1. The molecule has 0 spiro atoms. The van der Waals surface area contributed by atoms with Crippen LogP contribution in [0.5, 0.6) is 5.75 Å². The Labute approximate surface area is 168 Å². The van der Waals surface area contributed by atoms with Crippen LogP contribution in [0.1, 0.15) is 25.0 Å². The molecule has 1 atom stereocenters. The van der Waals surface area contributed by atoms with Crippen LogP contribution in [0.4, 0.5) is 5.69 Å². The summed E-state index contributed by atoms with van der Waals surface area (Å²) in [7, 11) is 3.12. The number of anilines is 1. The Morgan fingerprint density at radius 3 is 2.55 bits per heavy atom. The van der Waals surface area contributed by atoms with Gasteiger partial charge in [0.05, 0.1) is 18.8 Å². The summed E-state index contributed by atoms with van der Waals surface area (Å²) in [5.74, 6) is 0.644. The van der Waals surface area contributed by atoms with Crippen LogP contribution in [0.3, 0.4) is 0 Å². The minimum atomic E-state index is -0.605. The smallest absolute Gasteiger partial charge is 0.330 e. The molecule has 3 heterocycles. The summed E-state index contributed by atoms with van der Waals surface area (Å²) in [4.78, 5) is 41.4. The largest absolute Gasteiger partial charge is 0.477 e. The molecule has 8 heteroatoms. The Balaban J connectivity index is 1.64. The van der Waals surface area contributed by atoms with Crippen molar-refractivity contribution in [3.63, 3.8) is 0 Å². The average Bonchev–Trinajstić information content (AvgIpc) is 2.76. The Morgan fingerprint density at radius 1 is 1.07 bits per heavy atom. The van der Waals surface area contributed by atoms with Gasteiger partial charge in [-0.1, -0.05) is 12.1 Å². The topological polar surface area (TPSA) is 76.8 Å². The van der Waals surface area contributed by atoms with Crippen molar-refractivity contribution >= 4 is 11.6 Å². The highest BCUT2D eigenvalue weighted by Crippen LogP contribution is 2.34. The number of hydrogen-bond acceptors (Lipinski definition) is 5. The highest BCUT2D eigenvalue weighted by atomic mass is 16.5. The molecule has 154 valence electrons. The van der Waals surface area contributed by atoms with Crippen molar-refractivity contribution in [2.75, 3.05) is 24.5 Å². The molecule has 2 aliphatic heterocycles. The molecular weight excluding hydrogens is 372 g/mol. The number of carbonyl (C=O) groups is 1. The summed E-state index contributed by atoms with van der Waals surface area (Å²) in [6.45, 7) is 2.24. The zero-order valence-electron chi connectivity index (χ0n) is 16.8. The first-order valence-corrected chi connectivity index (χ1v) is 10.0. The molecule has 29 heavy (non-hydrogen) atoms. The van der Waals surface area contributed by atoms with E-state index in [1.807, 2.05) is 34.1 Å². The number of piperidine rings is 1. The summed E-state index contributed by atoms with van der Waals surface area (Å²) < 4.78 is 8.60. The van der Waals surface area contributed by atoms with Gasteiger partial charge >= 0.3 is 5.69 Å². The van der Waals surface area contributed by atoms with Crippen LogP contribution in [-0.4, -0.2) is 45.7 Å². The molecule has 1 amide bonds. The quantitative estimate of drug-likeness (QED) is 0.767. The van der Waals surface area contributed by atoms with Crippen LogP contribution in [-0.2, 0) is 25.4 Å². The highest BCUT2D eigenvalue weighted by molar-refractivity contribution is 5.83. The molecule has 0 saturated carbocycles. The van der Waals surface area contributed by atoms with Gasteiger partial charge in [-0.25, -0.2) is 4.79 Å². The van der Waals surface area contributed by atoms with E-state index in [4.69, 9.17) is 4.74 Å². The van der Waals surface area contributed by atoms with E-state index in [0.29, 0.717) is 24.5 Å². The fourth-order valence-electron chi connectivity index (χ4n) is 4.03. The SMILES string of the molecule is Cn1c(CN2CC(C(=O)N3CCCCC3)Oc3ccccc32)cc(=O)n(C)c1=O. The van der Waals surface area contributed by atoms with Gasteiger partial charge in [-0.2, -0.15) is 0 Å². The number of carbonyl (C=O) groups excluding carboxylic acids is 1. The summed E-state index contributed by atoms with van der Waals surface area (Å²) in [6, 6.07) is 9.03. The minimum absolute atomic E-state index is 0.00191. The number of fused-ring (bicyclic) bond motifs is 1. The lowest BCUT2D eigenvalue weighted by molar-refractivity contribution is -0.139. The molecule has 1 aromatic heterocycles. The highest BCUT2D eigenvalue weighted by Gasteiger charge is 2.34. The van der Waals surface area contributed by atoms with E-state index in [1.165, 1.54) is 17.7 Å². The Kier molecular flexibility index (Phi) is 5.17. The van der Waals surface area contributed by atoms with Gasteiger partial charge in [-0.05, 0) is 31.4 Å². The van der Waals surface area contributed by atoms with Crippen molar-refractivity contribution < 1.29 is 9.53 Å². The third-order valence-electron chi connectivity index (χ3n) is 5.78. The van der Waals surface area contributed by atoms with Gasteiger partial charge in [0.2, 0.25) is 0 Å². The molecule has 1 unspecified atom stereocenters. The maximum atomic E-state index is 13.0. The van der Waals surface area contributed by atoms with Crippen LogP contribution in [0, 0.1) is 0 Å². The van der Waals surface area contributed by atoms with E-state index in [0.717, 1.165) is 42.6 Å². The van der Waals surface area contributed by atoms with E-state index in [9.17, 15) is 14.4 Å². The second-order valence-electron chi connectivity index (χ2n) is 7.72. The van der Waals surface area contributed by atoms with Crippen molar-refractivity contribution in [1.82, 2.24) is 14.0 Å². The monoisotopic (exact) mass is 398 g/mol. The maximum Gasteiger partial charge on any atom is 0.330 e. The van der Waals surface area contributed by atoms with Crippen LogP contribution >= 0.6 is 0 Å². The summed E-state index contributed by atoms with van der Waals surface area (Å²) in [5, 5.41) is 0. The van der Waals surface area contributed by atoms with Gasteiger partial charge in [0.1, 0.15) is 5.75 Å². The van der Waals surface area contributed by atoms with Gasteiger partial charge in [0.15, 0.2) is 6.10 Å². The maximum absolute atomic E-state index is 13.0. The molecule has 8 nitrogen and oxygen atoms in total. The van der Waals surface area contributed by atoms with Crippen LogP contribution in [0.2, 0.25) is 0 Å². The third-order valence-corrected chi connectivity index (χ3v) is 5.78. The predicted molar refractivity (Wildman–Crippen MR) is 109 cm³/mol. The number of likely N-dealkylation sites (tertiary alicyclic amines) is 1. The Hall–Kier alpha value is -3.03. The molecule has 4 rings (SSSR count). The fraction of sp³-hybridized carbons (Fsp3) is 0.476. The predicted octanol–water partition coefficient (Wildman–Crippen LogP) is 0.864. The number of amides is 1. The lowest BCUT2D eigenvalue weighted by Gasteiger charge is -2.38. The molecule has 0 aliphatic carbocycles. The van der Waals surface area contributed by atoms with Gasteiger partial charge in [-0.15, -0.1) is 0 Å². The van der Waals surface area contributed by atoms with E-state index >= 15 is 0 Å². The normalized spacial score (nSPS) is 18.9. The summed E-state index contributed by atoms with van der Waals surface area (Å²) >= 11 is 0. The number of hydrogen-bond donors (Lipinski definition) is 0. The van der Waals surface area contributed by atoms with Crippen LogP contribution in [0.15, 0.2) is 39.9 Å². The molecule has 0 radical (unpaired) electrons. The summed E-state index contributed by atoms with van der Waals surface area (Å²) in [6.07, 6.45) is 2.59. The minimum Gasteiger partial charge on any atom is -0.477 e. The number of para-hydroxylation sites is 2. The van der Waals surface area contributed by atoms with Crippen LogP contribution in [0.25, 0.3) is 0 Å².